The van der Waals surface area contributed by atoms with Crippen molar-refractivity contribution < 1.29 is 18.7 Å². The minimum absolute atomic E-state index is 0.0167. The molecule has 0 bridgehead atoms. The summed E-state index contributed by atoms with van der Waals surface area (Å²) in [7, 11) is 0. The van der Waals surface area contributed by atoms with Gasteiger partial charge >= 0.3 is 0 Å². The molecule has 2 aliphatic rings. The zero-order chi connectivity index (χ0) is 25.1. The van der Waals surface area contributed by atoms with Gasteiger partial charge < -0.3 is 10.0 Å². The largest absolute Gasteiger partial charge is 0.390 e. The Morgan fingerprint density at radius 3 is 2.69 bits per heavy atom. The summed E-state index contributed by atoms with van der Waals surface area (Å²) in [6.07, 6.45) is -0.426. The monoisotopic (exact) mass is 476 g/mol. The van der Waals surface area contributed by atoms with Crippen LogP contribution in [0.5, 0.6) is 0 Å². The summed E-state index contributed by atoms with van der Waals surface area (Å²) < 4.78 is 30.3. The number of rotatable bonds is 2. The van der Waals surface area contributed by atoms with Crippen molar-refractivity contribution in [3.8, 4) is 17.3 Å². The molecule has 2 heterocycles. The molecule has 1 aliphatic heterocycles. The van der Waals surface area contributed by atoms with Crippen LogP contribution >= 0.6 is 0 Å². The van der Waals surface area contributed by atoms with Crippen LogP contribution < -0.4 is 0 Å². The van der Waals surface area contributed by atoms with E-state index in [0.717, 1.165) is 17.3 Å². The number of aromatic nitrogens is 2. The fraction of sp³-hybridized carbons (Fsp3) is 0.370. The second kappa shape index (κ2) is 8.28. The average Bonchev–Trinajstić information content (AvgIpc) is 3.34. The van der Waals surface area contributed by atoms with E-state index < -0.39 is 29.2 Å². The molecule has 5 rings (SSSR count). The summed E-state index contributed by atoms with van der Waals surface area (Å²) in [5.74, 6) is -1.36. The number of amides is 1. The lowest BCUT2D eigenvalue weighted by Gasteiger charge is -2.33. The molecule has 180 valence electrons. The van der Waals surface area contributed by atoms with Gasteiger partial charge in [-0.2, -0.15) is 10.4 Å². The van der Waals surface area contributed by atoms with E-state index in [1.54, 1.807) is 27.8 Å². The van der Waals surface area contributed by atoms with Gasteiger partial charge in [0, 0.05) is 54.2 Å². The van der Waals surface area contributed by atoms with Gasteiger partial charge in [-0.15, -0.1) is 0 Å². The Morgan fingerprint density at radius 1 is 1.20 bits per heavy atom. The summed E-state index contributed by atoms with van der Waals surface area (Å²) in [6.45, 7) is 6.42. The van der Waals surface area contributed by atoms with Crippen LogP contribution in [0.3, 0.4) is 0 Å². The predicted octanol–water partition coefficient (Wildman–Crippen LogP) is 4.14. The van der Waals surface area contributed by atoms with Crippen molar-refractivity contribution >= 4 is 5.91 Å². The molecule has 0 spiro atoms. The molecular formula is C27H26F2N4O2. The minimum Gasteiger partial charge on any atom is -0.390 e. The Balaban J connectivity index is 1.67. The number of halogens is 2. The third-order valence-electron chi connectivity index (χ3n) is 6.83. The lowest BCUT2D eigenvalue weighted by molar-refractivity contribution is -0.140. The molecule has 2 aromatic carbocycles. The molecule has 8 heteroatoms. The van der Waals surface area contributed by atoms with Crippen LogP contribution in [0.4, 0.5) is 8.78 Å². The highest BCUT2D eigenvalue weighted by atomic mass is 19.1. The summed E-state index contributed by atoms with van der Waals surface area (Å²) >= 11 is 0. The zero-order valence-electron chi connectivity index (χ0n) is 19.8. The number of fused-ring (bicyclic) bond motifs is 2. The molecule has 35 heavy (non-hydrogen) atoms. The molecule has 0 unspecified atom stereocenters. The molecule has 1 amide bonds. The van der Waals surface area contributed by atoms with Crippen molar-refractivity contribution in [2.75, 3.05) is 6.54 Å². The van der Waals surface area contributed by atoms with Gasteiger partial charge in [0.05, 0.1) is 23.4 Å². The highest BCUT2D eigenvalue weighted by molar-refractivity contribution is 5.82. The van der Waals surface area contributed by atoms with Crippen molar-refractivity contribution in [2.24, 2.45) is 5.41 Å². The number of aliphatic hydroxyl groups is 1. The van der Waals surface area contributed by atoms with Gasteiger partial charge in [0.1, 0.15) is 17.7 Å². The minimum atomic E-state index is -0.974. The molecule has 0 saturated heterocycles. The number of hydrogen-bond donors (Lipinski definition) is 1. The Morgan fingerprint density at radius 2 is 1.97 bits per heavy atom. The molecule has 6 nitrogen and oxygen atoms in total. The SMILES string of the molecule is CC(C)(C)C(=O)N1CCc2c(c(-c3cccc(C#N)c3)nn2[C@@H]2c3cc(F)cc(F)c3C[C@H]2O)C1. The van der Waals surface area contributed by atoms with Crippen molar-refractivity contribution in [3.05, 3.63) is 76.0 Å². The van der Waals surface area contributed by atoms with E-state index in [1.165, 1.54) is 6.07 Å². The normalized spacial score (nSPS) is 19.3. The van der Waals surface area contributed by atoms with Crippen LogP contribution in [0.25, 0.3) is 11.3 Å². The van der Waals surface area contributed by atoms with Crippen molar-refractivity contribution in [3.63, 3.8) is 0 Å². The van der Waals surface area contributed by atoms with E-state index in [4.69, 9.17) is 5.10 Å². The van der Waals surface area contributed by atoms with E-state index in [2.05, 4.69) is 6.07 Å². The first kappa shape index (κ1) is 23.2. The third-order valence-corrected chi connectivity index (χ3v) is 6.83. The van der Waals surface area contributed by atoms with Gasteiger partial charge in [0.15, 0.2) is 0 Å². The molecule has 1 N–H and O–H groups in total. The molecule has 1 aromatic heterocycles. The van der Waals surface area contributed by atoms with Gasteiger partial charge in [-0.1, -0.05) is 32.9 Å². The zero-order valence-corrected chi connectivity index (χ0v) is 19.8. The Kier molecular flexibility index (Phi) is 5.48. The van der Waals surface area contributed by atoms with Crippen LogP contribution in [0.1, 0.15) is 54.8 Å². The van der Waals surface area contributed by atoms with Gasteiger partial charge in [-0.05, 0) is 29.3 Å². The van der Waals surface area contributed by atoms with Crippen molar-refractivity contribution in [2.45, 2.75) is 52.3 Å². The summed E-state index contributed by atoms with van der Waals surface area (Å²) in [6, 6.07) is 10.5. The van der Waals surface area contributed by atoms with Gasteiger partial charge in [0.2, 0.25) is 5.91 Å². The molecule has 0 fully saturated rings. The maximum atomic E-state index is 14.5. The lowest BCUT2D eigenvalue weighted by Crippen LogP contribution is -2.42. The third kappa shape index (κ3) is 3.90. The molecule has 3 aromatic rings. The van der Waals surface area contributed by atoms with E-state index in [1.807, 2.05) is 26.8 Å². The van der Waals surface area contributed by atoms with Crippen LogP contribution in [0.2, 0.25) is 0 Å². The van der Waals surface area contributed by atoms with Gasteiger partial charge in [0.25, 0.3) is 0 Å². The second-order valence-electron chi connectivity index (χ2n) is 10.3. The number of benzene rings is 2. The Hall–Kier alpha value is -3.57. The van der Waals surface area contributed by atoms with Gasteiger partial charge in [-0.25, -0.2) is 8.78 Å². The number of carbonyl (C=O) groups excluding carboxylic acids is 1. The van der Waals surface area contributed by atoms with Crippen LogP contribution in [0, 0.1) is 28.4 Å². The molecule has 2 atom stereocenters. The average molecular weight is 477 g/mol. The first-order valence-corrected chi connectivity index (χ1v) is 11.6. The Bertz CT molecular complexity index is 1380. The number of nitriles is 1. The highest BCUT2D eigenvalue weighted by Gasteiger charge is 2.40. The summed E-state index contributed by atoms with van der Waals surface area (Å²) in [4.78, 5) is 14.9. The van der Waals surface area contributed by atoms with Crippen molar-refractivity contribution in [1.82, 2.24) is 14.7 Å². The van der Waals surface area contributed by atoms with Crippen LogP contribution in [0.15, 0.2) is 36.4 Å². The maximum Gasteiger partial charge on any atom is 0.228 e. The Labute approximate surface area is 202 Å². The van der Waals surface area contributed by atoms with E-state index in [-0.39, 0.29) is 12.3 Å². The van der Waals surface area contributed by atoms with E-state index in [0.29, 0.717) is 47.5 Å². The van der Waals surface area contributed by atoms with Gasteiger partial charge in [-0.3, -0.25) is 9.48 Å². The molecule has 1 aliphatic carbocycles. The molecule has 0 radical (unpaired) electrons. The maximum absolute atomic E-state index is 14.5. The summed E-state index contributed by atoms with van der Waals surface area (Å²) in [5, 5.41) is 25.2. The number of carbonyl (C=O) groups is 1. The first-order chi connectivity index (χ1) is 16.6. The molecule has 0 saturated carbocycles. The number of hydrogen-bond acceptors (Lipinski definition) is 4. The summed E-state index contributed by atoms with van der Waals surface area (Å²) in [5.41, 5.74) is 3.54. The smallest absolute Gasteiger partial charge is 0.228 e. The topological polar surface area (TPSA) is 82.2 Å². The standard InChI is InChI=1S/C27H26F2N4O2/c1-27(2,3)26(35)32-8-7-22-20(14-32)24(16-6-4-5-15(9-16)13-30)31-33(22)25-19-10-17(28)11-21(29)18(19)12-23(25)34/h4-6,9-11,23,25,34H,7-8,12,14H2,1-3H3/t23-,25-/m1/s1. The van der Waals surface area contributed by atoms with Crippen LogP contribution in [-0.2, 0) is 24.2 Å². The fourth-order valence-corrected chi connectivity index (χ4v) is 5.22. The number of nitrogens with zero attached hydrogens (tertiary/aromatic N) is 4. The fourth-order valence-electron chi connectivity index (χ4n) is 5.22. The number of aliphatic hydroxyl groups excluding tert-OH is 1. The highest BCUT2D eigenvalue weighted by Crippen LogP contribution is 2.41. The van der Waals surface area contributed by atoms with Crippen molar-refractivity contribution in [1.29, 1.82) is 5.26 Å². The molecular weight excluding hydrogens is 450 g/mol. The first-order valence-electron chi connectivity index (χ1n) is 11.6. The van der Waals surface area contributed by atoms with E-state index >= 15 is 0 Å². The second-order valence-corrected chi connectivity index (χ2v) is 10.3. The predicted molar refractivity (Wildman–Crippen MR) is 125 cm³/mol. The van der Waals surface area contributed by atoms with Crippen LogP contribution in [-0.4, -0.2) is 38.3 Å². The van der Waals surface area contributed by atoms with E-state index in [9.17, 15) is 23.9 Å². The quantitative estimate of drug-likeness (QED) is 0.603. The lowest BCUT2D eigenvalue weighted by atomic mass is 9.92.